The van der Waals surface area contributed by atoms with Gasteiger partial charge in [0, 0.05) is 47.9 Å². The lowest BCUT2D eigenvalue weighted by atomic mass is 9.85. The van der Waals surface area contributed by atoms with Crippen molar-refractivity contribution in [2.75, 3.05) is 6.54 Å². The van der Waals surface area contributed by atoms with Crippen molar-refractivity contribution in [1.82, 2.24) is 19.7 Å². The van der Waals surface area contributed by atoms with E-state index in [0.717, 1.165) is 59.6 Å². The number of hydrogen-bond donors (Lipinski definition) is 1. The Kier molecular flexibility index (Phi) is 10.2. The highest BCUT2D eigenvalue weighted by molar-refractivity contribution is 7.09. The van der Waals surface area contributed by atoms with Crippen LogP contribution < -0.4 is 0 Å². The number of Topliss-reactive ketones (excluding diaryl/α,β-unsaturated/α-hetero) is 1. The molecule has 43 heavy (non-hydrogen) atoms. The third-order valence-corrected chi connectivity index (χ3v) is 9.45. The van der Waals surface area contributed by atoms with Crippen LogP contribution in [0.15, 0.2) is 66.3 Å². The van der Waals surface area contributed by atoms with Crippen LogP contribution in [-0.4, -0.2) is 49.1 Å². The molecule has 1 aliphatic rings. The fourth-order valence-electron chi connectivity index (χ4n) is 6.10. The summed E-state index contributed by atoms with van der Waals surface area (Å²) in [6, 6.07) is 15.5. The molecule has 1 fully saturated rings. The first-order valence-corrected chi connectivity index (χ1v) is 16.3. The van der Waals surface area contributed by atoms with Crippen LogP contribution in [0.3, 0.4) is 0 Å². The number of rotatable bonds is 13. The van der Waals surface area contributed by atoms with E-state index in [9.17, 15) is 14.7 Å². The zero-order chi connectivity index (χ0) is 30.3. The summed E-state index contributed by atoms with van der Waals surface area (Å²) in [7, 11) is 0. The molecular formula is C35H42N4O3S. The third kappa shape index (κ3) is 7.86. The molecule has 0 unspecified atom stereocenters. The van der Waals surface area contributed by atoms with Gasteiger partial charge in [0.05, 0.1) is 18.3 Å². The molecule has 1 N–H and O–H groups in total. The highest BCUT2D eigenvalue weighted by Gasteiger charge is 2.33. The number of hydrogen-bond acceptors (Lipinski definition) is 6. The molecule has 1 amide bonds. The summed E-state index contributed by atoms with van der Waals surface area (Å²) in [6.45, 7) is 7.48. The van der Waals surface area contributed by atoms with E-state index in [1.54, 1.807) is 17.4 Å². The van der Waals surface area contributed by atoms with Gasteiger partial charge in [0.15, 0.2) is 5.78 Å². The second-order valence-electron chi connectivity index (χ2n) is 11.8. The molecule has 3 atom stereocenters. The van der Waals surface area contributed by atoms with E-state index in [1.165, 1.54) is 0 Å². The number of nitrogens with zero attached hydrogens (tertiary/aromatic N) is 4. The molecule has 0 aliphatic carbocycles. The van der Waals surface area contributed by atoms with E-state index in [-0.39, 0.29) is 30.1 Å². The van der Waals surface area contributed by atoms with Gasteiger partial charge >= 0.3 is 0 Å². The van der Waals surface area contributed by atoms with Crippen LogP contribution in [0.4, 0.5) is 0 Å². The van der Waals surface area contributed by atoms with Crippen molar-refractivity contribution >= 4 is 23.0 Å². The highest BCUT2D eigenvalue weighted by Crippen LogP contribution is 2.35. The number of amides is 1. The average molecular weight is 599 g/mol. The van der Waals surface area contributed by atoms with Crippen LogP contribution in [0.25, 0.3) is 0 Å². The van der Waals surface area contributed by atoms with Gasteiger partial charge in [-0.3, -0.25) is 14.3 Å². The van der Waals surface area contributed by atoms with Crippen LogP contribution in [-0.2, 0) is 19.4 Å². The number of benzene rings is 2. The molecule has 3 heterocycles. The van der Waals surface area contributed by atoms with Gasteiger partial charge in [0.2, 0.25) is 0 Å². The third-order valence-electron chi connectivity index (χ3n) is 8.39. The van der Waals surface area contributed by atoms with Crippen LogP contribution >= 0.6 is 11.3 Å². The van der Waals surface area contributed by atoms with E-state index in [0.29, 0.717) is 30.5 Å². The summed E-state index contributed by atoms with van der Waals surface area (Å²) in [4.78, 5) is 34.1. The van der Waals surface area contributed by atoms with E-state index in [1.807, 2.05) is 77.5 Å². The minimum atomic E-state index is -0.622. The summed E-state index contributed by atoms with van der Waals surface area (Å²) in [5.74, 6) is -0.333. The Morgan fingerprint density at radius 1 is 1.09 bits per heavy atom. The van der Waals surface area contributed by atoms with Crippen LogP contribution in [0.1, 0.15) is 93.2 Å². The van der Waals surface area contributed by atoms with Crippen molar-refractivity contribution in [3.05, 3.63) is 105 Å². The normalized spacial score (nSPS) is 16.4. The average Bonchev–Trinajstić information content (AvgIpc) is 3.77. The van der Waals surface area contributed by atoms with Gasteiger partial charge in [0.25, 0.3) is 5.91 Å². The summed E-state index contributed by atoms with van der Waals surface area (Å²) in [6.07, 6.45) is 8.24. The fraction of sp³-hybridized carbons (Fsp3) is 0.429. The van der Waals surface area contributed by atoms with Crippen molar-refractivity contribution in [2.24, 2.45) is 5.92 Å². The van der Waals surface area contributed by atoms with Gasteiger partial charge in [-0.15, -0.1) is 11.3 Å². The SMILES string of the molecule is CCn1cc(CCC[C@@H](O)[C@@H](CC(=O)c2cc(C)cc(C(=O)N3CCC[C@@H]3c3nc(C)cs3)c2)Cc2ccccc2)cn1. The number of thiazole rings is 1. The Morgan fingerprint density at radius 2 is 1.88 bits per heavy atom. The van der Waals surface area contributed by atoms with Crippen LogP contribution in [0, 0.1) is 19.8 Å². The first kappa shape index (κ1) is 30.8. The number of likely N-dealkylation sites (tertiary alicyclic amines) is 1. The summed E-state index contributed by atoms with van der Waals surface area (Å²) in [5, 5.41) is 18.7. The minimum Gasteiger partial charge on any atom is -0.393 e. The molecule has 226 valence electrons. The van der Waals surface area contributed by atoms with Gasteiger partial charge < -0.3 is 10.0 Å². The zero-order valence-electron chi connectivity index (χ0n) is 25.4. The molecule has 5 rings (SSSR count). The number of aliphatic hydroxyl groups excluding tert-OH is 1. The van der Waals surface area contributed by atoms with Gasteiger partial charge in [-0.1, -0.05) is 30.3 Å². The number of aliphatic hydroxyl groups is 1. The molecule has 1 saturated heterocycles. The molecular weight excluding hydrogens is 556 g/mol. The molecule has 0 radical (unpaired) electrons. The lowest BCUT2D eigenvalue weighted by molar-refractivity contribution is 0.0734. The Balaban J connectivity index is 1.29. The van der Waals surface area contributed by atoms with E-state index in [4.69, 9.17) is 0 Å². The maximum absolute atomic E-state index is 13.8. The number of carbonyl (C=O) groups is 2. The van der Waals surface area contributed by atoms with Crippen molar-refractivity contribution in [3.63, 3.8) is 0 Å². The standard InChI is InChI=1S/C35H42N4O3S/c1-4-38-22-27(21-36-38)12-8-14-32(40)29(18-26-10-6-5-7-11-26)20-33(41)28-16-24(2)17-30(19-28)35(42)39-15-9-13-31(39)34-37-25(3)23-43-34/h5-7,10-11,16-17,19,21-23,29,31-32,40H,4,8-9,12-15,18,20H2,1-3H3/t29-,31-,32-/m1/s1. The van der Waals surface area contributed by atoms with Gasteiger partial charge in [-0.25, -0.2) is 4.98 Å². The fourth-order valence-corrected chi connectivity index (χ4v) is 7.04. The lowest BCUT2D eigenvalue weighted by Crippen LogP contribution is -2.31. The van der Waals surface area contributed by atoms with Crippen molar-refractivity contribution < 1.29 is 14.7 Å². The van der Waals surface area contributed by atoms with Crippen LogP contribution in [0.2, 0.25) is 0 Å². The van der Waals surface area contributed by atoms with E-state index >= 15 is 0 Å². The summed E-state index contributed by atoms with van der Waals surface area (Å²) >= 11 is 1.60. The number of aromatic nitrogens is 3. The molecule has 0 spiro atoms. The molecule has 8 heteroatoms. The topological polar surface area (TPSA) is 88.3 Å². The monoisotopic (exact) mass is 598 g/mol. The van der Waals surface area contributed by atoms with Gasteiger partial charge in [-0.05, 0) is 100 Å². The maximum Gasteiger partial charge on any atom is 0.254 e. The van der Waals surface area contributed by atoms with Crippen LogP contribution in [0.5, 0.6) is 0 Å². The smallest absolute Gasteiger partial charge is 0.254 e. The summed E-state index contributed by atoms with van der Waals surface area (Å²) in [5.41, 5.74) is 5.18. The lowest BCUT2D eigenvalue weighted by Gasteiger charge is -2.24. The number of carbonyl (C=O) groups excluding carboxylic acids is 2. The predicted octanol–water partition coefficient (Wildman–Crippen LogP) is 6.77. The zero-order valence-corrected chi connectivity index (χ0v) is 26.2. The molecule has 7 nitrogen and oxygen atoms in total. The first-order chi connectivity index (χ1) is 20.8. The van der Waals surface area contributed by atoms with Crippen molar-refractivity contribution in [1.29, 1.82) is 0 Å². The molecule has 1 aliphatic heterocycles. The Labute approximate surface area is 258 Å². The van der Waals surface area contributed by atoms with Gasteiger partial charge in [0.1, 0.15) is 5.01 Å². The van der Waals surface area contributed by atoms with Crippen molar-refractivity contribution in [2.45, 2.75) is 84.4 Å². The quantitative estimate of drug-likeness (QED) is 0.172. The molecule has 0 bridgehead atoms. The maximum atomic E-state index is 13.8. The predicted molar refractivity (Wildman–Crippen MR) is 170 cm³/mol. The van der Waals surface area contributed by atoms with E-state index in [2.05, 4.69) is 23.2 Å². The summed E-state index contributed by atoms with van der Waals surface area (Å²) < 4.78 is 1.91. The largest absolute Gasteiger partial charge is 0.393 e. The second-order valence-corrected chi connectivity index (χ2v) is 12.7. The molecule has 2 aromatic heterocycles. The molecule has 2 aromatic carbocycles. The second kappa shape index (κ2) is 14.2. The number of aryl methyl sites for hydroxylation is 4. The number of ketones is 1. The Bertz CT molecular complexity index is 1530. The first-order valence-electron chi connectivity index (χ1n) is 15.4. The van der Waals surface area contributed by atoms with Crippen molar-refractivity contribution in [3.8, 4) is 0 Å². The minimum absolute atomic E-state index is 0.0208. The Hall–Kier alpha value is -3.62. The molecule has 4 aromatic rings. The van der Waals surface area contributed by atoms with E-state index < -0.39 is 6.10 Å². The highest BCUT2D eigenvalue weighted by atomic mass is 32.1. The molecule has 0 saturated carbocycles. The Morgan fingerprint density at radius 3 is 2.60 bits per heavy atom. The van der Waals surface area contributed by atoms with Gasteiger partial charge in [-0.2, -0.15) is 5.10 Å².